The number of anilines is 1. The number of ketones is 1. The molecule has 1 amide bonds. The minimum atomic E-state index is -0.968. The predicted molar refractivity (Wildman–Crippen MR) is 107 cm³/mol. The number of nitrogens with one attached hydrogen (secondary N) is 1. The highest BCUT2D eigenvalue weighted by Gasteiger charge is 2.18. The van der Waals surface area contributed by atoms with Crippen LogP contribution in [0.3, 0.4) is 0 Å². The van der Waals surface area contributed by atoms with E-state index >= 15 is 0 Å². The molecule has 148 valence electrons. The standard InChI is InChI=1S/C22H25NO5/c1-14(2)17-8-10-19(11-9-17)23-22(26)16(4)28-21(25)13-27-20-7-5-6-18(12-20)15(3)24/h5-12,14,16H,13H2,1-4H3,(H,23,26)/t16-/m1/s1. The number of amides is 1. The Balaban J connectivity index is 1.83. The van der Waals surface area contributed by atoms with Crippen LogP contribution in [0.1, 0.15) is 49.5 Å². The quantitative estimate of drug-likeness (QED) is 0.551. The highest BCUT2D eigenvalue weighted by molar-refractivity contribution is 5.95. The first-order chi connectivity index (χ1) is 13.3. The minimum absolute atomic E-state index is 0.0975. The molecule has 0 saturated carbocycles. The number of hydrogen-bond acceptors (Lipinski definition) is 5. The molecular weight excluding hydrogens is 358 g/mol. The molecule has 0 aliphatic carbocycles. The largest absolute Gasteiger partial charge is 0.482 e. The first kappa shape index (κ1) is 21.2. The van der Waals surface area contributed by atoms with Crippen LogP contribution in [-0.2, 0) is 14.3 Å². The molecule has 2 rings (SSSR count). The van der Waals surface area contributed by atoms with Crippen molar-refractivity contribution in [2.24, 2.45) is 0 Å². The lowest BCUT2D eigenvalue weighted by atomic mass is 10.0. The van der Waals surface area contributed by atoms with Gasteiger partial charge in [-0.1, -0.05) is 38.1 Å². The topological polar surface area (TPSA) is 81.7 Å². The first-order valence-electron chi connectivity index (χ1n) is 9.10. The molecule has 2 aromatic rings. The molecule has 0 heterocycles. The van der Waals surface area contributed by atoms with Crippen molar-refractivity contribution >= 4 is 23.3 Å². The Labute approximate surface area is 164 Å². The van der Waals surface area contributed by atoms with E-state index in [1.54, 1.807) is 24.3 Å². The molecule has 0 unspecified atom stereocenters. The van der Waals surface area contributed by atoms with Gasteiger partial charge < -0.3 is 14.8 Å². The number of carbonyl (C=O) groups excluding carboxylic acids is 3. The number of esters is 1. The summed E-state index contributed by atoms with van der Waals surface area (Å²) in [6, 6.07) is 14.0. The second-order valence-corrected chi connectivity index (χ2v) is 6.77. The smallest absolute Gasteiger partial charge is 0.344 e. The Morgan fingerprint density at radius 1 is 1.00 bits per heavy atom. The van der Waals surface area contributed by atoms with E-state index in [0.29, 0.717) is 22.9 Å². The van der Waals surface area contributed by atoms with Crippen LogP contribution in [-0.4, -0.2) is 30.4 Å². The molecule has 0 spiro atoms. The Morgan fingerprint density at radius 3 is 2.29 bits per heavy atom. The van der Waals surface area contributed by atoms with Gasteiger partial charge in [-0.05, 0) is 49.6 Å². The number of benzene rings is 2. The van der Waals surface area contributed by atoms with Gasteiger partial charge in [-0.25, -0.2) is 4.79 Å². The van der Waals surface area contributed by atoms with E-state index in [4.69, 9.17) is 9.47 Å². The van der Waals surface area contributed by atoms with Crippen molar-refractivity contribution in [1.82, 2.24) is 0 Å². The average molecular weight is 383 g/mol. The lowest BCUT2D eigenvalue weighted by Gasteiger charge is -2.14. The van der Waals surface area contributed by atoms with Crippen LogP contribution in [0.4, 0.5) is 5.69 Å². The third-order valence-electron chi connectivity index (χ3n) is 4.12. The van der Waals surface area contributed by atoms with Crippen molar-refractivity contribution in [3.63, 3.8) is 0 Å². The molecule has 6 nitrogen and oxygen atoms in total. The zero-order chi connectivity index (χ0) is 20.7. The van der Waals surface area contributed by atoms with Gasteiger partial charge >= 0.3 is 5.97 Å². The maximum Gasteiger partial charge on any atom is 0.344 e. The molecule has 1 N–H and O–H groups in total. The summed E-state index contributed by atoms with van der Waals surface area (Å²) in [5.74, 6) is -0.414. The Bertz CT molecular complexity index is 842. The van der Waals surface area contributed by atoms with Crippen molar-refractivity contribution in [2.75, 3.05) is 11.9 Å². The number of Topliss-reactive ketones (excluding diaryl/α,β-unsaturated/α-hetero) is 1. The zero-order valence-electron chi connectivity index (χ0n) is 16.5. The summed E-state index contributed by atoms with van der Waals surface area (Å²) in [6.45, 7) is 6.76. The van der Waals surface area contributed by atoms with Crippen LogP contribution in [0.15, 0.2) is 48.5 Å². The van der Waals surface area contributed by atoms with Gasteiger partial charge in [-0.3, -0.25) is 9.59 Å². The van der Waals surface area contributed by atoms with Gasteiger partial charge in [0, 0.05) is 11.3 Å². The fourth-order valence-electron chi connectivity index (χ4n) is 2.43. The normalized spacial score (nSPS) is 11.6. The maximum atomic E-state index is 12.2. The van der Waals surface area contributed by atoms with Crippen LogP contribution >= 0.6 is 0 Å². The molecule has 0 saturated heterocycles. The van der Waals surface area contributed by atoms with Crippen molar-refractivity contribution in [1.29, 1.82) is 0 Å². The van der Waals surface area contributed by atoms with Gasteiger partial charge in [-0.2, -0.15) is 0 Å². The van der Waals surface area contributed by atoms with Crippen molar-refractivity contribution < 1.29 is 23.9 Å². The summed E-state index contributed by atoms with van der Waals surface area (Å²) >= 11 is 0. The van der Waals surface area contributed by atoms with Crippen molar-refractivity contribution in [3.05, 3.63) is 59.7 Å². The highest BCUT2D eigenvalue weighted by atomic mass is 16.6. The van der Waals surface area contributed by atoms with Crippen molar-refractivity contribution in [3.8, 4) is 5.75 Å². The van der Waals surface area contributed by atoms with Gasteiger partial charge in [0.1, 0.15) is 5.75 Å². The summed E-state index contributed by atoms with van der Waals surface area (Å²) in [7, 11) is 0. The summed E-state index contributed by atoms with van der Waals surface area (Å²) in [5.41, 5.74) is 2.29. The van der Waals surface area contributed by atoms with Gasteiger partial charge in [0.2, 0.25) is 0 Å². The van der Waals surface area contributed by atoms with E-state index in [1.165, 1.54) is 19.4 Å². The van der Waals surface area contributed by atoms with Gasteiger partial charge in [0.15, 0.2) is 18.5 Å². The predicted octanol–water partition coefficient (Wildman–Crippen LogP) is 3.96. The van der Waals surface area contributed by atoms with Crippen LogP contribution in [0, 0.1) is 0 Å². The third-order valence-corrected chi connectivity index (χ3v) is 4.12. The van der Waals surface area contributed by atoms with E-state index < -0.39 is 18.0 Å². The molecule has 0 aliphatic heterocycles. The van der Waals surface area contributed by atoms with Crippen molar-refractivity contribution in [2.45, 2.75) is 39.7 Å². The summed E-state index contributed by atoms with van der Waals surface area (Å²) in [6.07, 6.45) is -0.968. The Hall–Kier alpha value is -3.15. The number of rotatable bonds is 8. The molecule has 6 heteroatoms. The molecule has 0 radical (unpaired) electrons. The fraction of sp³-hybridized carbons (Fsp3) is 0.318. The molecular formula is C22H25NO5. The summed E-state index contributed by atoms with van der Waals surface area (Å²) < 4.78 is 10.4. The van der Waals surface area contributed by atoms with Crippen LogP contribution < -0.4 is 10.1 Å². The molecule has 0 aromatic heterocycles. The van der Waals surface area contributed by atoms with E-state index in [0.717, 1.165) is 0 Å². The number of carbonyl (C=O) groups is 3. The van der Waals surface area contributed by atoms with E-state index in [1.807, 2.05) is 24.3 Å². The fourth-order valence-corrected chi connectivity index (χ4v) is 2.43. The van der Waals surface area contributed by atoms with Crippen LogP contribution in [0.5, 0.6) is 5.75 Å². The molecule has 2 aromatic carbocycles. The highest BCUT2D eigenvalue weighted by Crippen LogP contribution is 2.17. The average Bonchev–Trinajstić information content (AvgIpc) is 2.67. The molecule has 28 heavy (non-hydrogen) atoms. The van der Waals surface area contributed by atoms with Crippen LogP contribution in [0.25, 0.3) is 0 Å². The first-order valence-corrected chi connectivity index (χ1v) is 9.10. The number of ether oxygens (including phenoxy) is 2. The monoisotopic (exact) mass is 383 g/mol. The zero-order valence-corrected chi connectivity index (χ0v) is 16.5. The van der Waals surface area contributed by atoms with E-state index in [2.05, 4.69) is 19.2 Å². The van der Waals surface area contributed by atoms with Gasteiger partial charge in [0.05, 0.1) is 0 Å². The Morgan fingerprint density at radius 2 is 1.68 bits per heavy atom. The minimum Gasteiger partial charge on any atom is -0.482 e. The Kier molecular flexibility index (Phi) is 7.32. The molecule has 0 fully saturated rings. The second kappa shape index (κ2) is 9.69. The second-order valence-electron chi connectivity index (χ2n) is 6.77. The SMILES string of the molecule is CC(=O)c1cccc(OCC(=O)O[C@H](C)C(=O)Nc2ccc(C(C)C)cc2)c1. The summed E-state index contributed by atoms with van der Waals surface area (Å²) in [4.78, 5) is 35.5. The molecule has 0 bridgehead atoms. The molecule has 0 aliphatic rings. The summed E-state index contributed by atoms with van der Waals surface area (Å²) in [5, 5.41) is 2.71. The van der Waals surface area contributed by atoms with Crippen LogP contribution in [0.2, 0.25) is 0 Å². The third kappa shape index (κ3) is 6.23. The van der Waals surface area contributed by atoms with E-state index in [9.17, 15) is 14.4 Å². The van der Waals surface area contributed by atoms with Gasteiger partial charge in [0.25, 0.3) is 5.91 Å². The number of hydrogen-bond donors (Lipinski definition) is 1. The van der Waals surface area contributed by atoms with E-state index in [-0.39, 0.29) is 12.4 Å². The van der Waals surface area contributed by atoms with Gasteiger partial charge in [-0.15, -0.1) is 0 Å². The maximum absolute atomic E-state index is 12.2. The lowest BCUT2D eigenvalue weighted by molar-refractivity contribution is -0.155. The lowest BCUT2D eigenvalue weighted by Crippen LogP contribution is -2.31. The molecule has 1 atom stereocenters.